The molecule has 2 N–H and O–H groups in total. The van der Waals surface area contributed by atoms with E-state index < -0.39 is 5.97 Å². The number of fused-ring (bicyclic) bond motifs is 1. The van der Waals surface area contributed by atoms with Crippen molar-refractivity contribution in [3.05, 3.63) is 64.7 Å². The number of carbonyl (C=O) groups is 1. The smallest absolute Gasteiger partial charge is 0.339 e. The molecule has 28 heavy (non-hydrogen) atoms. The quantitative estimate of drug-likeness (QED) is 0.656. The second-order valence-corrected chi connectivity index (χ2v) is 8.98. The van der Waals surface area contributed by atoms with Gasteiger partial charge in [-0.15, -0.1) is 0 Å². The summed E-state index contributed by atoms with van der Waals surface area (Å²) in [4.78, 5) is 11.2. The summed E-state index contributed by atoms with van der Waals surface area (Å²) in [5, 5.41) is 19.3. The van der Waals surface area contributed by atoms with Gasteiger partial charge in [-0.3, -0.25) is 0 Å². The number of phenols is 1. The highest BCUT2D eigenvalue weighted by Gasteiger charge is 2.26. The van der Waals surface area contributed by atoms with Gasteiger partial charge in [0.2, 0.25) is 0 Å². The molecule has 2 aromatic carbocycles. The SMILES string of the molecule is C1=Cc2ccccc2OC1.CC(C)(C)c1cc(C(=O)O)c(O)c(C(C)(C)C)c1. The summed E-state index contributed by atoms with van der Waals surface area (Å²) in [7, 11) is 0. The Labute approximate surface area is 167 Å². The zero-order valence-corrected chi connectivity index (χ0v) is 17.5. The molecule has 4 nitrogen and oxygen atoms in total. The highest BCUT2D eigenvalue weighted by molar-refractivity contribution is 5.91. The van der Waals surface area contributed by atoms with Crippen molar-refractivity contribution >= 4 is 12.0 Å². The lowest BCUT2D eigenvalue weighted by molar-refractivity contribution is 0.0693. The summed E-state index contributed by atoms with van der Waals surface area (Å²) in [6.07, 6.45) is 4.10. The zero-order chi connectivity index (χ0) is 21.1. The molecule has 0 bridgehead atoms. The normalized spacial score (nSPS) is 13.1. The minimum absolute atomic E-state index is 0.0210. The van der Waals surface area contributed by atoms with Crippen LogP contribution in [0.25, 0.3) is 6.08 Å². The molecular formula is C24H30O4. The number of benzene rings is 2. The summed E-state index contributed by atoms with van der Waals surface area (Å²) in [5.74, 6) is -0.225. The molecule has 0 aromatic heterocycles. The van der Waals surface area contributed by atoms with Gasteiger partial charge in [-0.25, -0.2) is 4.79 Å². The molecule has 1 aliphatic heterocycles. The summed E-state index contributed by atoms with van der Waals surface area (Å²) < 4.78 is 5.34. The first-order valence-electron chi connectivity index (χ1n) is 9.41. The molecule has 2 aromatic rings. The van der Waals surface area contributed by atoms with E-state index in [2.05, 4.69) is 6.08 Å². The van der Waals surface area contributed by atoms with E-state index in [1.807, 2.05) is 78.0 Å². The van der Waals surface area contributed by atoms with Crippen LogP contribution in [0.3, 0.4) is 0 Å². The molecule has 0 saturated carbocycles. The van der Waals surface area contributed by atoms with Crippen molar-refractivity contribution in [1.82, 2.24) is 0 Å². The van der Waals surface area contributed by atoms with Crippen LogP contribution in [0.1, 0.15) is 68.6 Å². The molecule has 4 heteroatoms. The Morgan fingerprint density at radius 3 is 2.18 bits per heavy atom. The second-order valence-electron chi connectivity index (χ2n) is 8.98. The van der Waals surface area contributed by atoms with Crippen LogP contribution in [0, 0.1) is 0 Å². The molecule has 1 aliphatic rings. The molecule has 150 valence electrons. The lowest BCUT2D eigenvalue weighted by atomic mass is 9.79. The number of aromatic carboxylic acids is 1. The van der Waals surface area contributed by atoms with E-state index in [0.29, 0.717) is 12.2 Å². The third kappa shape index (κ3) is 5.16. The molecular weight excluding hydrogens is 352 g/mol. The van der Waals surface area contributed by atoms with Crippen LogP contribution in [-0.2, 0) is 10.8 Å². The van der Waals surface area contributed by atoms with E-state index in [0.717, 1.165) is 11.3 Å². The Kier molecular flexibility index (Phi) is 6.23. The highest BCUT2D eigenvalue weighted by Crippen LogP contribution is 2.37. The van der Waals surface area contributed by atoms with Gasteiger partial charge >= 0.3 is 5.97 Å². The number of carboxylic acid groups (broad SMARTS) is 1. The van der Waals surface area contributed by atoms with Crippen molar-refractivity contribution in [2.45, 2.75) is 52.4 Å². The fourth-order valence-electron chi connectivity index (χ4n) is 2.86. The van der Waals surface area contributed by atoms with E-state index in [1.165, 1.54) is 5.56 Å². The predicted molar refractivity (Wildman–Crippen MR) is 113 cm³/mol. The van der Waals surface area contributed by atoms with Crippen molar-refractivity contribution in [1.29, 1.82) is 0 Å². The monoisotopic (exact) mass is 382 g/mol. The van der Waals surface area contributed by atoms with Crippen LogP contribution >= 0.6 is 0 Å². The fourth-order valence-corrected chi connectivity index (χ4v) is 2.86. The van der Waals surface area contributed by atoms with Crippen molar-refractivity contribution in [3.8, 4) is 11.5 Å². The van der Waals surface area contributed by atoms with Crippen LogP contribution < -0.4 is 4.74 Å². The lowest BCUT2D eigenvalue weighted by Gasteiger charge is -2.26. The van der Waals surface area contributed by atoms with Crippen LogP contribution in [0.4, 0.5) is 0 Å². The number of hydrogen-bond donors (Lipinski definition) is 2. The predicted octanol–water partition coefficient (Wildman–Crippen LogP) is 5.78. The third-order valence-corrected chi connectivity index (χ3v) is 4.57. The summed E-state index contributed by atoms with van der Waals surface area (Å²) in [6, 6.07) is 11.5. The summed E-state index contributed by atoms with van der Waals surface area (Å²) >= 11 is 0. The highest BCUT2D eigenvalue weighted by atomic mass is 16.5. The average Bonchev–Trinajstić information content (AvgIpc) is 2.60. The maximum absolute atomic E-state index is 11.2. The average molecular weight is 383 g/mol. The van der Waals surface area contributed by atoms with Gasteiger partial charge in [0, 0.05) is 11.1 Å². The number of ether oxygens (including phenoxy) is 1. The molecule has 0 aliphatic carbocycles. The van der Waals surface area contributed by atoms with Crippen molar-refractivity contribution in [3.63, 3.8) is 0 Å². The van der Waals surface area contributed by atoms with Crippen LogP contribution in [-0.4, -0.2) is 22.8 Å². The second kappa shape index (κ2) is 8.09. The van der Waals surface area contributed by atoms with E-state index in [9.17, 15) is 15.0 Å². The Bertz CT molecular complexity index is 880. The molecule has 3 rings (SSSR count). The van der Waals surface area contributed by atoms with E-state index in [-0.39, 0.29) is 22.1 Å². The first-order chi connectivity index (χ1) is 12.9. The number of carboxylic acids is 1. The van der Waals surface area contributed by atoms with Gasteiger partial charge in [-0.05, 0) is 34.6 Å². The maximum atomic E-state index is 11.2. The Morgan fingerprint density at radius 2 is 1.64 bits per heavy atom. The zero-order valence-electron chi connectivity index (χ0n) is 17.5. The molecule has 0 unspecified atom stereocenters. The van der Waals surface area contributed by atoms with Crippen molar-refractivity contribution < 1.29 is 19.7 Å². The topological polar surface area (TPSA) is 66.8 Å². The van der Waals surface area contributed by atoms with Crippen LogP contribution in [0.15, 0.2) is 42.5 Å². The molecule has 0 radical (unpaired) electrons. The van der Waals surface area contributed by atoms with Crippen LogP contribution in [0.2, 0.25) is 0 Å². The Hall–Kier alpha value is -2.75. The van der Waals surface area contributed by atoms with E-state index >= 15 is 0 Å². The molecule has 0 amide bonds. The van der Waals surface area contributed by atoms with Gasteiger partial charge in [-0.1, -0.05) is 71.9 Å². The number of aromatic hydroxyl groups is 1. The van der Waals surface area contributed by atoms with Gasteiger partial charge in [0.1, 0.15) is 23.7 Å². The van der Waals surface area contributed by atoms with Gasteiger partial charge in [0.05, 0.1) is 0 Å². The van der Waals surface area contributed by atoms with Gasteiger partial charge < -0.3 is 14.9 Å². The van der Waals surface area contributed by atoms with Crippen LogP contribution in [0.5, 0.6) is 11.5 Å². The molecule has 1 heterocycles. The number of hydrogen-bond acceptors (Lipinski definition) is 3. The van der Waals surface area contributed by atoms with E-state index in [4.69, 9.17) is 4.74 Å². The van der Waals surface area contributed by atoms with Crippen molar-refractivity contribution in [2.75, 3.05) is 6.61 Å². The lowest BCUT2D eigenvalue weighted by Crippen LogP contribution is -2.18. The molecule has 0 saturated heterocycles. The number of rotatable bonds is 1. The van der Waals surface area contributed by atoms with Gasteiger partial charge in [-0.2, -0.15) is 0 Å². The first-order valence-corrected chi connectivity index (χ1v) is 9.41. The number of para-hydroxylation sites is 1. The van der Waals surface area contributed by atoms with Gasteiger partial charge in [0.15, 0.2) is 0 Å². The largest absolute Gasteiger partial charge is 0.507 e. The molecule has 0 fully saturated rings. The minimum atomic E-state index is -1.09. The third-order valence-electron chi connectivity index (χ3n) is 4.57. The van der Waals surface area contributed by atoms with Gasteiger partial charge in [0.25, 0.3) is 0 Å². The summed E-state index contributed by atoms with van der Waals surface area (Å²) in [6.45, 7) is 12.7. The standard InChI is InChI=1S/C15H22O3.C9H8O/c1-14(2,3)9-7-10(13(17)18)12(16)11(8-9)15(4,5)6;1-2-6-9-8(4-1)5-3-7-10-9/h7-8,16H,1-6H3,(H,17,18);1-6H,7H2. The fraction of sp³-hybridized carbons (Fsp3) is 0.375. The maximum Gasteiger partial charge on any atom is 0.339 e. The van der Waals surface area contributed by atoms with Crippen molar-refractivity contribution in [2.24, 2.45) is 0 Å². The molecule has 0 spiro atoms. The summed E-state index contributed by atoms with van der Waals surface area (Å²) in [5.41, 5.74) is 2.30. The Balaban J connectivity index is 0.000000233. The minimum Gasteiger partial charge on any atom is -0.507 e. The molecule has 0 atom stereocenters. The Morgan fingerprint density at radius 1 is 1.00 bits per heavy atom. The van der Waals surface area contributed by atoms with E-state index in [1.54, 1.807) is 6.07 Å². The first kappa shape index (κ1) is 21.5.